The molecule has 0 aliphatic heterocycles. The van der Waals surface area contributed by atoms with Crippen LogP contribution in [0.1, 0.15) is 0 Å². The first kappa shape index (κ1) is 8.43. The molecule has 0 aliphatic carbocycles. The largest absolute Gasteiger partial charge is 0.383 e. The van der Waals surface area contributed by atoms with Crippen LogP contribution in [-0.4, -0.2) is 45.6 Å². The zero-order valence-corrected chi connectivity index (χ0v) is 6.29. The Bertz CT molecular complexity index is 83.1. The topological polar surface area (TPSA) is 24.8 Å². The van der Waals surface area contributed by atoms with Crippen LogP contribution in [0, 0.1) is 0 Å². The quantitative estimate of drug-likeness (QED) is 0.402. The van der Waals surface area contributed by atoms with Gasteiger partial charge in [-0.1, -0.05) is 0 Å². The van der Waals surface area contributed by atoms with Gasteiger partial charge in [-0.3, -0.25) is 4.99 Å². The fourth-order valence-corrected chi connectivity index (χ4v) is 0.490. The minimum atomic E-state index is 0.752. The van der Waals surface area contributed by atoms with Crippen molar-refractivity contribution in [1.82, 2.24) is 4.90 Å². The third-order valence-electron chi connectivity index (χ3n) is 0.961. The van der Waals surface area contributed by atoms with E-state index in [4.69, 9.17) is 4.74 Å². The monoisotopic (exact) mass is 130 g/mol. The molecular weight excluding hydrogens is 116 g/mol. The lowest BCUT2D eigenvalue weighted by Crippen LogP contribution is -2.20. The molecule has 0 rings (SSSR count). The van der Waals surface area contributed by atoms with Gasteiger partial charge >= 0.3 is 0 Å². The number of rotatable bonds is 4. The van der Waals surface area contributed by atoms with Crippen molar-refractivity contribution in [3.05, 3.63) is 0 Å². The molecule has 0 fully saturated rings. The molecule has 0 saturated carbocycles. The molecule has 0 unspecified atom stereocenters. The molecule has 0 aromatic carbocycles. The van der Waals surface area contributed by atoms with E-state index < -0.39 is 0 Å². The van der Waals surface area contributed by atoms with E-state index in [1.807, 2.05) is 11.9 Å². The maximum atomic E-state index is 4.86. The van der Waals surface area contributed by atoms with Gasteiger partial charge in [0.1, 0.15) is 0 Å². The first-order valence-electron chi connectivity index (χ1n) is 2.92. The van der Waals surface area contributed by atoms with Crippen LogP contribution in [0.4, 0.5) is 0 Å². The molecule has 0 aromatic rings. The van der Waals surface area contributed by atoms with Gasteiger partial charge in [-0.2, -0.15) is 0 Å². The van der Waals surface area contributed by atoms with E-state index in [-0.39, 0.29) is 0 Å². The first-order valence-corrected chi connectivity index (χ1v) is 2.92. The van der Waals surface area contributed by atoms with E-state index in [0.717, 1.165) is 13.2 Å². The second-order valence-corrected chi connectivity index (χ2v) is 1.85. The molecule has 9 heavy (non-hydrogen) atoms. The molecule has 0 spiro atoms. The highest BCUT2D eigenvalue weighted by Gasteiger charge is 1.87. The Labute approximate surface area is 56.3 Å². The van der Waals surface area contributed by atoms with E-state index in [2.05, 4.69) is 4.99 Å². The van der Waals surface area contributed by atoms with Crippen molar-refractivity contribution in [3.63, 3.8) is 0 Å². The number of likely N-dealkylation sites (N-methyl/N-ethyl adjacent to an activating group) is 1. The van der Waals surface area contributed by atoms with Gasteiger partial charge in [-0.15, -0.1) is 0 Å². The summed E-state index contributed by atoms with van der Waals surface area (Å²) in [6.07, 6.45) is 1.78. The van der Waals surface area contributed by atoms with Gasteiger partial charge < -0.3 is 9.64 Å². The standard InChI is InChI=1S/C6H14N2O/c1-7-6-8(2)4-5-9-3/h6H,4-5H2,1-3H3/b7-6-. The number of nitrogens with zero attached hydrogens (tertiary/aromatic N) is 2. The van der Waals surface area contributed by atoms with Gasteiger partial charge in [-0.05, 0) is 0 Å². The molecule has 0 radical (unpaired) electrons. The smallest absolute Gasteiger partial charge is 0.0844 e. The highest BCUT2D eigenvalue weighted by molar-refractivity contribution is 5.53. The minimum absolute atomic E-state index is 0.752. The highest BCUT2D eigenvalue weighted by atomic mass is 16.5. The SMILES string of the molecule is C/N=C\N(C)CCOC. The van der Waals surface area contributed by atoms with Crippen LogP contribution in [0.15, 0.2) is 4.99 Å². The molecule has 0 atom stereocenters. The lowest BCUT2D eigenvalue weighted by molar-refractivity contribution is 0.184. The van der Waals surface area contributed by atoms with Crippen molar-refractivity contribution < 1.29 is 4.74 Å². The summed E-state index contributed by atoms with van der Waals surface area (Å²) in [5, 5.41) is 0. The van der Waals surface area contributed by atoms with Crippen molar-refractivity contribution in [2.24, 2.45) is 4.99 Å². The molecule has 3 nitrogen and oxygen atoms in total. The van der Waals surface area contributed by atoms with Crippen LogP contribution in [-0.2, 0) is 4.74 Å². The second kappa shape index (κ2) is 5.56. The van der Waals surface area contributed by atoms with E-state index in [0.29, 0.717) is 0 Å². The van der Waals surface area contributed by atoms with Crippen molar-refractivity contribution in [2.45, 2.75) is 0 Å². The van der Waals surface area contributed by atoms with Gasteiger partial charge in [-0.25, -0.2) is 0 Å². The van der Waals surface area contributed by atoms with Gasteiger partial charge in [0.25, 0.3) is 0 Å². The van der Waals surface area contributed by atoms with Crippen LogP contribution >= 0.6 is 0 Å². The summed E-state index contributed by atoms with van der Waals surface area (Å²) >= 11 is 0. The summed E-state index contributed by atoms with van der Waals surface area (Å²) in [5.74, 6) is 0. The van der Waals surface area contributed by atoms with Gasteiger partial charge in [0, 0.05) is 27.7 Å². The number of aliphatic imine (C=N–C) groups is 1. The third kappa shape index (κ3) is 5.30. The Morgan fingerprint density at radius 2 is 2.33 bits per heavy atom. The normalized spacial score (nSPS) is 10.6. The molecule has 54 valence electrons. The number of hydrogen-bond donors (Lipinski definition) is 0. The maximum Gasteiger partial charge on any atom is 0.0844 e. The molecule has 0 amide bonds. The summed E-state index contributed by atoms with van der Waals surface area (Å²) in [5.41, 5.74) is 0. The Morgan fingerprint density at radius 1 is 1.67 bits per heavy atom. The summed E-state index contributed by atoms with van der Waals surface area (Å²) in [6.45, 7) is 1.65. The number of ether oxygens (including phenoxy) is 1. The minimum Gasteiger partial charge on any atom is -0.383 e. The predicted molar refractivity (Wildman–Crippen MR) is 38.9 cm³/mol. The first-order chi connectivity index (χ1) is 4.31. The van der Waals surface area contributed by atoms with Gasteiger partial charge in [0.15, 0.2) is 0 Å². The second-order valence-electron chi connectivity index (χ2n) is 1.85. The molecule has 0 bridgehead atoms. The van der Waals surface area contributed by atoms with E-state index in [9.17, 15) is 0 Å². The number of methoxy groups -OCH3 is 1. The zero-order chi connectivity index (χ0) is 7.11. The molecule has 0 N–H and O–H groups in total. The molecule has 3 heteroatoms. The Hall–Kier alpha value is -0.570. The molecule has 0 saturated heterocycles. The van der Waals surface area contributed by atoms with Crippen LogP contribution in [0.2, 0.25) is 0 Å². The van der Waals surface area contributed by atoms with Crippen molar-refractivity contribution in [3.8, 4) is 0 Å². The zero-order valence-electron chi connectivity index (χ0n) is 6.29. The summed E-state index contributed by atoms with van der Waals surface area (Å²) in [7, 11) is 5.41. The third-order valence-corrected chi connectivity index (χ3v) is 0.961. The summed E-state index contributed by atoms with van der Waals surface area (Å²) < 4.78 is 4.86. The summed E-state index contributed by atoms with van der Waals surface area (Å²) in [4.78, 5) is 5.81. The van der Waals surface area contributed by atoms with Crippen LogP contribution in [0.5, 0.6) is 0 Å². The van der Waals surface area contributed by atoms with E-state index in [1.165, 1.54) is 0 Å². The predicted octanol–water partition coefficient (Wildman–Crippen LogP) is 0.223. The van der Waals surface area contributed by atoms with Crippen LogP contribution in [0.3, 0.4) is 0 Å². The fraction of sp³-hybridized carbons (Fsp3) is 0.833. The van der Waals surface area contributed by atoms with Crippen molar-refractivity contribution in [1.29, 1.82) is 0 Å². The molecular formula is C6H14N2O. The van der Waals surface area contributed by atoms with Crippen LogP contribution < -0.4 is 0 Å². The molecule has 0 aliphatic rings. The Kier molecular flexibility index (Phi) is 5.21. The average Bonchev–Trinajstić information content (AvgIpc) is 1.85. The summed E-state index contributed by atoms with van der Waals surface area (Å²) in [6, 6.07) is 0. The van der Waals surface area contributed by atoms with Crippen LogP contribution in [0.25, 0.3) is 0 Å². The molecule has 0 aromatic heterocycles. The lowest BCUT2D eigenvalue weighted by Gasteiger charge is -2.10. The Balaban J connectivity index is 3.15. The van der Waals surface area contributed by atoms with Gasteiger partial charge in [0.2, 0.25) is 0 Å². The number of hydrogen-bond acceptors (Lipinski definition) is 2. The maximum absolute atomic E-state index is 4.86. The van der Waals surface area contributed by atoms with Gasteiger partial charge in [0.05, 0.1) is 12.9 Å². The van der Waals surface area contributed by atoms with Crippen molar-refractivity contribution >= 4 is 6.34 Å². The average molecular weight is 130 g/mol. The Morgan fingerprint density at radius 3 is 2.78 bits per heavy atom. The fourth-order valence-electron chi connectivity index (χ4n) is 0.490. The lowest BCUT2D eigenvalue weighted by atomic mass is 10.6. The van der Waals surface area contributed by atoms with Crippen molar-refractivity contribution in [2.75, 3.05) is 34.4 Å². The van der Waals surface area contributed by atoms with E-state index in [1.54, 1.807) is 20.5 Å². The molecule has 0 heterocycles. The van der Waals surface area contributed by atoms with E-state index >= 15 is 0 Å². The highest BCUT2D eigenvalue weighted by Crippen LogP contribution is 1.75.